The summed E-state index contributed by atoms with van der Waals surface area (Å²) in [4.78, 5) is 2.36. The summed E-state index contributed by atoms with van der Waals surface area (Å²) < 4.78 is 0. The van der Waals surface area contributed by atoms with Crippen LogP contribution in [0.2, 0.25) is 0 Å². The van der Waals surface area contributed by atoms with E-state index in [9.17, 15) is 0 Å². The van der Waals surface area contributed by atoms with Crippen molar-refractivity contribution < 1.29 is 5.11 Å². The average Bonchev–Trinajstić information content (AvgIpc) is 2.20. The first-order chi connectivity index (χ1) is 6.36. The van der Waals surface area contributed by atoms with Crippen molar-refractivity contribution in [1.29, 1.82) is 0 Å². The Morgan fingerprint density at radius 2 is 1.69 bits per heavy atom. The number of hydrogen-bond donors (Lipinski definition) is 1. The van der Waals surface area contributed by atoms with Crippen LogP contribution in [0.4, 0.5) is 5.69 Å². The molecule has 0 spiro atoms. The van der Waals surface area contributed by atoms with Crippen molar-refractivity contribution in [3.05, 3.63) is 24.3 Å². The number of thioether (sulfide) groups is 1. The highest BCUT2D eigenvalue weighted by Crippen LogP contribution is 2.21. The normalized spacial score (nSPS) is 17.4. The van der Waals surface area contributed by atoms with Crippen molar-refractivity contribution in [2.24, 2.45) is 0 Å². The predicted octanol–water partition coefficient (Wildman–Crippen LogP) is 1.95. The van der Waals surface area contributed by atoms with E-state index in [2.05, 4.69) is 4.90 Å². The number of aromatic hydroxyl groups is 1. The highest BCUT2D eigenvalue weighted by Gasteiger charge is 2.10. The van der Waals surface area contributed by atoms with Crippen LogP contribution in [0.15, 0.2) is 24.3 Å². The number of nitrogens with zero attached hydrogens (tertiary/aromatic N) is 1. The third kappa shape index (κ3) is 2.10. The highest BCUT2D eigenvalue weighted by atomic mass is 32.2. The van der Waals surface area contributed by atoms with Crippen LogP contribution in [0.3, 0.4) is 0 Å². The molecule has 13 heavy (non-hydrogen) atoms. The Kier molecular flexibility index (Phi) is 2.64. The summed E-state index contributed by atoms with van der Waals surface area (Å²) in [5.41, 5.74) is 1.22. The van der Waals surface area contributed by atoms with Gasteiger partial charge in [0.25, 0.3) is 0 Å². The maximum absolute atomic E-state index is 9.13. The van der Waals surface area contributed by atoms with Gasteiger partial charge in [0, 0.05) is 30.3 Å². The minimum Gasteiger partial charge on any atom is -0.508 e. The summed E-state index contributed by atoms with van der Waals surface area (Å²) in [6.07, 6.45) is 0. The van der Waals surface area contributed by atoms with E-state index in [0.717, 1.165) is 13.1 Å². The summed E-state index contributed by atoms with van der Waals surface area (Å²) >= 11 is 2.01. The van der Waals surface area contributed by atoms with Gasteiger partial charge in [-0.2, -0.15) is 11.8 Å². The molecule has 1 aromatic carbocycles. The molecule has 1 aliphatic rings. The number of anilines is 1. The lowest BCUT2D eigenvalue weighted by Gasteiger charge is -2.28. The first-order valence-corrected chi connectivity index (χ1v) is 5.63. The van der Waals surface area contributed by atoms with Crippen molar-refractivity contribution >= 4 is 17.4 Å². The molecule has 1 aromatic rings. The second-order valence-corrected chi connectivity index (χ2v) is 4.34. The second kappa shape index (κ2) is 3.92. The second-order valence-electron chi connectivity index (χ2n) is 3.12. The zero-order valence-electron chi connectivity index (χ0n) is 7.44. The third-order valence-corrected chi connectivity index (χ3v) is 3.17. The van der Waals surface area contributed by atoms with E-state index in [1.165, 1.54) is 17.2 Å². The van der Waals surface area contributed by atoms with Crippen LogP contribution in [0.25, 0.3) is 0 Å². The Labute approximate surface area is 82.6 Å². The first-order valence-electron chi connectivity index (χ1n) is 4.48. The van der Waals surface area contributed by atoms with Crippen LogP contribution >= 0.6 is 11.8 Å². The quantitative estimate of drug-likeness (QED) is 0.741. The van der Waals surface area contributed by atoms with Crippen LogP contribution in [-0.4, -0.2) is 29.7 Å². The average molecular weight is 195 g/mol. The minimum absolute atomic E-state index is 0.343. The number of benzene rings is 1. The Morgan fingerprint density at radius 3 is 2.31 bits per heavy atom. The summed E-state index contributed by atoms with van der Waals surface area (Å²) in [5, 5.41) is 9.13. The SMILES string of the molecule is Oc1ccc(N2CCSCC2)cc1. The third-order valence-electron chi connectivity index (χ3n) is 2.23. The van der Waals surface area contributed by atoms with Crippen molar-refractivity contribution in [1.82, 2.24) is 0 Å². The van der Waals surface area contributed by atoms with Crippen molar-refractivity contribution in [3.8, 4) is 5.75 Å². The molecule has 70 valence electrons. The standard InChI is InChI=1S/C10H13NOS/c12-10-3-1-9(2-4-10)11-5-7-13-8-6-11/h1-4,12H,5-8H2. The van der Waals surface area contributed by atoms with E-state index in [4.69, 9.17) is 5.11 Å². The molecule has 1 heterocycles. The van der Waals surface area contributed by atoms with Gasteiger partial charge in [0.1, 0.15) is 5.75 Å². The molecule has 0 radical (unpaired) electrons. The fraction of sp³-hybridized carbons (Fsp3) is 0.400. The van der Waals surface area contributed by atoms with Crippen molar-refractivity contribution in [2.45, 2.75) is 0 Å². The molecule has 0 bridgehead atoms. The zero-order chi connectivity index (χ0) is 9.10. The van der Waals surface area contributed by atoms with Crippen molar-refractivity contribution in [2.75, 3.05) is 29.5 Å². The van der Waals surface area contributed by atoms with Crippen LogP contribution < -0.4 is 4.90 Å². The van der Waals surface area contributed by atoms with E-state index in [0.29, 0.717) is 5.75 Å². The smallest absolute Gasteiger partial charge is 0.115 e. The van der Waals surface area contributed by atoms with E-state index in [-0.39, 0.29) is 0 Å². The molecule has 0 aliphatic carbocycles. The van der Waals surface area contributed by atoms with Gasteiger partial charge in [-0.3, -0.25) is 0 Å². The summed E-state index contributed by atoms with van der Waals surface area (Å²) in [7, 11) is 0. The molecule has 0 atom stereocenters. The molecule has 3 heteroatoms. The van der Waals surface area contributed by atoms with Gasteiger partial charge in [-0.25, -0.2) is 0 Å². The topological polar surface area (TPSA) is 23.5 Å². The Balaban J connectivity index is 2.10. The Morgan fingerprint density at radius 1 is 1.08 bits per heavy atom. The minimum atomic E-state index is 0.343. The molecule has 0 aromatic heterocycles. The number of phenols is 1. The van der Waals surface area contributed by atoms with Gasteiger partial charge in [-0.15, -0.1) is 0 Å². The van der Waals surface area contributed by atoms with Crippen LogP contribution in [0.1, 0.15) is 0 Å². The summed E-state index contributed by atoms with van der Waals surface area (Å²) in [6, 6.07) is 7.45. The van der Waals surface area contributed by atoms with Gasteiger partial charge in [0.15, 0.2) is 0 Å². The monoisotopic (exact) mass is 195 g/mol. The van der Waals surface area contributed by atoms with Gasteiger partial charge in [-0.05, 0) is 24.3 Å². The van der Waals surface area contributed by atoms with Crippen molar-refractivity contribution in [3.63, 3.8) is 0 Å². The van der Waals surface area contributed by atoms with Gasteiger partial charge in [0.2, 0.25) is 0 Å². The molecule has 2 nitrogen and oxygen atoms in total. The molecule has 1 saturated heterocycles. The molecular formula is C10H13NOS. The molecule has 0 amide bonds. The van der Waals surface area contributed by atoms with E-state index < -0.39 is 0 Å². The maximum Gasteiger partial charge on any atom is 0.115 e. The highest BCUT2D eigenvalue weighted by molar-refractivity contribution is 7.99. The molecule has 0 unspecified atom stereocenters. The first kappa shape index (κ1) is 8.75. The fourth-order valence-electron chi connectivity index (χ4n) is 1.49. The van der Waals surface area contributed by atoms with E-state index in [1.807, 2.05) is 23.9 Å². The van der Waals surface area contributed by atoms with Crippen LogP contribution in [-0.2, 0) is 0 Å². The predicted molar refractivity (Wildman–Crippen MR) is 57.6 cm³/mol. The molecule has 1 aliphatic heterocycles. The zero-order valence-corrected chi connectivity index (χ0v) is 8.26. The number of rotatable bonds is 1. The summed E-state index contributed by atoms with van der Waals surface area (Å²) in [5.74, 6) is 2.76. The van der Waals surface area contributed by atoms with Gasteiger partial charge in [-0.1, -0.05) is 0 Å². The largest absolute Gasteiger partial charge is 0.508 e. The molecule has 0 saturated carbocycles. The number of phenolic OH excluding ortho intramolecular Hbond substituents is 1. The van der Waals surface area contributed by atoms with E-state index in [1.54, 1.807) is 12.1 Å². The lowest BCUT2D eigenvalue weighted by molar-refractivity contribution is 0.475. The molecule has 1 fully saturated rings. The molecule has 2 rings (SSSR count). The Bertz CT molecular complexity index is 267. The van der Waals surface area contributed by atoms with Gasteiger partial charge < -0.3 is 10.0 Å². The maximum atomic E-state index is 9.13. The van der Waals surface area contributed by atoms with E-state index >= 15 is 0 Å². The molecule has 1 N–H and O–H groups in total. The van der Waals surface area contributed by atoms with Crippen LogP contribution in [0.5, 0.6) is 5.75 Å². The number of hydrogen-bond acceptors (Lipinski definition) is 3. The summed E-state index contributed by atoms with van der Waals surface area (Å²) in [6.45, 7) is 2.24. The van der Waals surface area contributed by atoms with Crippen LogP contribution in [0, 0.1) is 0 Å². The molecular weight excluding hydrogens is 182 g/mol. The Hall–Kier alpha value is -0.830. The fourth-order valence-corrected chi connectivity index (χ4v) is 2.39. The lowest BCUT2D eigenvalue weighted by Crippen LogP contribution is -2.32. The van der Waals surface area contributed by atoms with Gasteiger partial charge in [0.05, 0.1) is 0 Å². The van der Waals surface area contributed by atoms with Gasteiger partial charge >= 0.3 is 0 Å². The lowest BCUT2D eigenvalue weighted by atomic mass is 10.2.